The van der Waals surface area contributed by atoms with E-state index in [1.807, 2.05) is 12.1 Å². The lowest BCUT2D eigenvalue weighted by molar-refractivity contribution is 0.0919. The number of amides is 1. The van der Waals surface area contributed by atoms with Crippen LogP contribution in [0.15, 0.2) is 24.3 Å². The van der Waals surface area contributed by atoms with Gasteiger partial charge in [0, 0.05) is 17.2 Å². The number of aliphatic hydroxyl groups excluding tert-OH is 1. The predicted molar refractivity (Wildman–Crippen MR) is 83.9 cm³/mol. The smallest absolute Gasteiger partial charge is 0.251 e. The van der Waals surface area contributed by atoms with Gasteiger partial charge in [0.05, 0.1) is 0 Å². The van der Waals surface area contributed by atoms with Crippen LogP contribution in [0.4, 0.5) is 0 Å². The van der Waals surface area contributed by atoms with Crippen molar-refractivity contribution >= 4 is 5.91 Å². The van der Waals surface area contributed by atoms with Gasteiger partial charge in [0.1, 0.15) is 6.61 Å². The number of carbonyl (C=O) groups excluding carboxylic acids is 1. The van der Waals surface area contributed by atoms with E-state index in [0.717, 1.165) is 5.56 Å². The van der Waals surface area contributed by atoms with E-state index in [1.54, 1.807) is 12.1 Å². The van der Waals surface area contributed by atoms with Gasteiger partial charge in [-0.1, -0.05) is 31.1 Å². The molecule has 3 nitrogen and oxygen atoms in total. The summed E-state index contributed by atoms with van der Waals surface area (Å²) < 4.78 is 0. The first-order chi connectivity index (χ1) is 10.2. The van der Waals surface area contributed by atoms with Crippen LogP contribution < -0.4 is 5.32 Å². The van der Waals surface area contributed by atoms with Gasteiger partial charge in [0.2, 0.25) is 0 Å². The minimum Gasteiger partial charge on any atom is -0.384 e. The zero-order valence-electron chi connectivity index (χ0n) is 12.6. The zero-order chi connectivity index (χ0) is 15.1. The summed E-state index contributed by atoms with van der Waals surface area (Å²) in [5.74, 6) is 6.00. The van der Waals surface area contributed by atoms with Crippen molar-refractivity contribution < 1.29 is 9.90 Å². The molecule has 1 aliphatic rings. The third-order valence-corrected chi connectivity index (χ3v) is 4.17. The molecule has 2 N–H and O–H groups in total. The number of rotatable bonds is 3. The fraction of sp³-hybridized carbons (Fsp3) is 0.500. The van der Waals surface area contributed by atoms with Crippen LogP contribution in [0.1, 0.15) is 54.9 Å². The molecule has 1 atom stereocenters. The van der Waals surface area contributed by atoms with E-state index in [0.29, 0.717) is 11.5 Å². The Morgan fingerprint density at radius 1 is 1.29 bits per heavy atom. The topological polar surface area (TPSA) is 49.3 Å². The van der Waals surface area contributed by atoms with Gasteiger partial charge >= 0.3 is 0 Å². The van der Waals surface area contributed by atoms with E-state index in [9.17, 15) is 4.79 Å². The SMILES string of the molecule is CC(NC(=O)c1ccc(C#CCO)cc1)C1CCCCC1. The molecule has 3 heteroatoms. The maximum atomic E-state index is 12.2. The first kappa shape index (κ1) is 15.6. The van der Waals surface area contributed by atoms with Crippen molar-refractivity contribution in [3.63, 3.8) is 0 Å². The Hall–Kier alpha value is -1.79. The molecule has 0 spiro atoms. The molecule has 1 aromatic rings. The molecule has 1 unspecified atom stereocenters. The van der Waals surface area contributed by atoms with Crippen LogP contribution in [0, 0.1) is 17.8 Å². The van der Waals surface area contributed by atoms with Gasteiger partial charge in [0.25, 0.3) is 5.91 Å². The van der Waals surface area contributed by atoms with E-state index < -0.39 is 0 Å². The second kappa shape index (κ2) is 7.85. The Bertz CT molecular complexity index is 518. The Morgan fingerprint density at radius 2 is 1.95 bits per heavy atom. The fourth-order valence-corrected chi connectivity index (χ4v) is 2.89. The van der Waals surface area contributed by atoms with Gasteiger partial charge in [-0.2, -0.15) is 0 Å². The van der Waals surface area contributed by atoms with Crippen LogP contribution >= 0.6 is 0 Å². The lowest BCUT2D eigenvalue weighted by Crippen LogP contribution is -2.38. The summed E-state index contributed by atoms with van der Waals surface area (Å²) in [5.41, 5.74) is 1.47. The summed E-state index contributed by atoms with van der Waals surface area (Å²) in [5, 5.41) is 11.8. The fourth-order valence-electron chi connectivity index (χ4n) is 2.89. The summed E-state index contributed by atoms with van der Waals surface area (Å²) in [7, 11) is 0. The second-order valence-electron chi connectivity index (χ2n) is 5.70. The van der Waals surface area contributed by atoms with Crippen LogP contribution in [-0.4, -0.2) is 23.7 Å². The van der Waals surface area contributed by atoms with E-state index in [2.05, 4.69) is 24.1 Å². The molecule has 1 fully saturated rings. The lowest BCUT2D eigenvalue weighted by atomic mass is 9.84. The summed E-state index contributed by atoms with van der Waals surface area (Å²) in [6.07, 6.45) is 6.33. The van der Waals surface area contributed by atoms with Gasteiger partial charge in [-0.25, -0.2) is 0 Å². The van der Waals surface area contributed by atoms with Crippen LogP contribution in [0.2, 0.25) is 0 Å². The third-order valence-electron chi connectivity index (χ3n) is 4.17. The summed E-state index contributed by atoms with van der Waals surface area (Å²) in [6, 6.07) is 7.41. The van der Waals surface area contributed by atoms with Crippen molar-refractivity contribution in [3.8, 4) is 11.8 Å². The van der Waals surface area contributed by atoms with E-state index in [-0.39, 0.29) is 18.6 Å². The molecule has 0 heterocycles. The molecular weight excluding hydrogens is 262 g/mol. The number of carbonyl (C=O) groups is 1. The molecule has 1 aromatic carbocycles. The number of benzene rings is 1. The average Bonchev–Trinajstić information content (AvgIpc) is 2.54. The lowest BCUT2D eigenvalue weighted by Gasteiger charge is -2.28. The van der Waals surface area contributed by atoms with Crippen LogP contribution in [0.25, 0.3) is 0 Å². The van der Waals surface area contributed by atoms with Gasteiger partial charge in [-0.15, -0.1) is 0 Å². The molecule has 1 saturated carbocycles. The molecule has 1 aliphatic carbocycles. The minimum atomic E-state index is -0.152. The summed E-state index contributed by atoms with van der Waals surface area (Å²) in [6.45, 7) is 1.95. The van der Waals surface area contributed by atoms with Crippen LogP contribution in [-0.2, 0) is 0 Å². The van der Waals surface area contributed by atoms with Crippen molar-refractivity contribution in [1.82, 2.24) is 5.32 Å². The highest BCUT2D eigenvalue weighted by Crippen LogP contribution is 2.26. The van der Waals surface area contributed by atoms with Crippen LogP contribution in [0.5, 0.6) is 0 Å². The minimum absolute atomic E-state index is 0.0188. The van der Waals surface area contributed by atoms with Crippen LogP contribution in [0.3, 0.4) is 0 Å². The summed E-state index contributed by atoms with van der Waals surface area (Å²) >= 11 is 0. The normalized spacial score (nSPS) is 16.7. The summed E-state index contributed by atoms with van der Waals surface area (Å²) in [4.78, 5) is 12.2. The molecule has 1 amide bonds. The number of nitrogens with one attached hydrogen (secondary N) is 1. The number of aliphatic hydroxyl groups is 1. The van der Waals surface area contributed by atoms with Gasteiger partial charge in [-0.3, -0.25) is 4.79 Å². The highest BCUT2D eigenvalue weighted by molar-refractivity contribution is 5.94. The Labute approximate surface area is 126 Å². The Morgan fingerprint density at radius 3 is 2.57 bits per heavy atom. The second-order valence-corrected chi connectivity index (χ2v) is 5.70. The predicted octanol–water partition coefficient (Wildman–Crippen LogP) is 2.73. The Kier molecular flexibility index (Phi) is 5.83. The maximum absolute atomic E-state index is 12.2. The highest BCUT2D eigenvalue weighted by Gasteiger charge is 2.21. The molecule has 0 saturated heterocycles. The number of hydrogen-bond acceptors (Lipinski definition) is 2. The van der Waals surface area contributed by atoms with E-state index in [1.165, 1.54) is 32.1 Å². The quantitative estimate of drug-likeness (QED) is 0.839. The first-order valence-electron chi connectivity index (χ1n) is 7.71. The molecule has 2 rings (SSSR count). The monoisotopic (exact) mass is 285 g/mol. The molecule has 0 bridgehead atoms. The average molecular weight is 285 g/mol. The standard InChI is InChI=1S/C18H23NO2/c1-14(16-7-3-2-4-8-16)19-18(21)17-11-9-15(10-12-17)6-5-13-20/h9-12,14,16,20H,2-4,7-8,13H2,1H3,(H,19,21). The molecule has 0 aromatic heterocycles. The van der Waals surface area contributed by atoms with Crippen molar-refractivity contribution in [2.45, 2.75) is 45.1 Å². The molecular formula is C18H23NO2. The van der Waals surface area contributed by atoms with Crippen molar-refractivity contribution in [1.29, 1.82) is 0 Å². The third kappa shape index (κ3) is 4.61. The van der Waals surface area contributed by atoms with E-state index in [4.69, 9.17) is 5.11 Å². The van der Waals surface area contributed by atoms with Crippen molar-refractivity contribution in [2.75, 3.05) is 6.61 Å². The molecule has 112 valence electrons. The van der Waals surface area contributed by atoms with Gasteiger partial charge < -0.3 is 10.4 Å². The van der Waals surface area contributed by atoms with Crippen molar-refractivity contribution in [2.24, 2.45) is 5.92 Å². The first-order valence-corrected chi connectivity index (χ1v) is 7.71. The zero-order valence-corrected chi connectivity index (χ0v) is 12.6. The number of hydrogen-bond donors (Lipinski definition) is 2. The van der Waals surface area contributed by atoms with Gasteiger partial charge in [0.15, 0.2) is 0 Å². The Balaban J connectivity index is 1.93. The molecule has 0 aliphatic heterocycles. The van der Waals surface area contributed by atoms with Crippen molar-refractivity contribution in [3.05, 3.63) is 35.4 Å². The molecule has 21 heavy (non-hydrogen) atoms. The highest BCUT2D eigenvalue weighted by atomic mass is 16.2. The van der Waals surface area contributed by atoms with Gasteiger partial charge in [-0.05, 0) is 49.9 Å². The maximum Gasteiger partial charge on any atom is 0.251 e. The molecule has 0 radical (unpaired) electrons. The largest absolute Gasteiger partial charge is 0.384 e. The van der Waals surface area contributed by atoms with E-state index >= 15 is 0 Å².